The van der Waals surface area contributed by atoms with Crippen molar-refractivity contribution in [3.05, 3.63) is 41.4 Å². The van der Waals surface area contributed by atoms with Gasteiger partial charge < -0.3 is 4.74 Å². The Hall–Kier alpha value is -2.01. The fourth-order valence-electron chi connectivity index (χ4n) is 2.03. The molecule has 0 bridgehead atoms. The van der Waals surface area contributed by atoms with Crippen molar-refractivity contribution < 1.29 is 9.53 Å². The predicted molar refractivity (Wildman–Crippen MR) is 93.6 cm³/mol. The van der Waals surface area contributed by atoms with Crippen LogP contribution in [0.25, 0.3) is 10.6 Å². The largest absolute Gasteiger partial charge is 0.423 e. The summed E-state index contributed by atoms with van der Waals surface area (Å²) >= 11 is 1.63. The summed E-state index contributed by atoms with van der Waals surface area (Å²) in [6.45, 7) is 4.16. The molecular formula is C18H22N2O2S. The van der Waals surface area contributed by atoms with E-state index in [2.05, 4.69) is 17.1 Å². The molecule has 23 heavy (non-hydrogen) atoms. The summed E-state index contributed by atoms with van der Waals surface area (Å²) < 4.78 is 5.22. The number of hydrogen-bond donors (Lipinski definition) is 0. The molecule has 0 radical (unpaired) electrons. The van der Waals surface area contributed by atoms with E-state index in [0.717, 1.165) is 34.8 Å². The highest BCUT2D eigenvalue weighted by Gasteiger charge is 2.07. The zero-order valence-electron chi connectivity index (χ0n) is 13.6. The average molecular weight is 330 g/mol. The summed E-state index contributed by atoms with van der Waals surface area (Å²) in [5.74, 6) is 0.181. The van der Waals surface area contributed by atoms with Crippen LogP contribution in [0.5, 0.6) is 5.75 Å². The van der Waals surface area contributed by atoms with E-state index in [4.69, 9.17) is 4.74 Å². The minimum absolute atomic E-state index is 0.353. The van der Waals surface area contributed by atoms with Gasteiger partial charge in [-0.3, -0.25) is 0 Å². The van der Waals surface area contributed by atoms with Crippen LogP contribution in [0, 0.1) is 0 Å². The molecule has 0 aliphatic heterocycles. The number of allylic oxidation sites excluding steroid dienone is 1. The molecule has 0 atom stereocenters. The standard InChI is InChI=1S/C18H22N2O2S/c1-3-5-7-8-16-19-20-18(23-16)14-10-12-15(13-11-14)22-17(21)9-6-4-2/h6,9-13H,3-5,7-8H2,1-2H3/b9-6+. The zero-order chi connectivity index (χ0) is 16.5. The predicted octanol–water partition coefficient (Wildman–Crippen LogP) is 4.81. The number of carbonyl (C=O) groups excluding carboxylic acids is 1. The topological polar surface area (TPSA) is 52.1 Å². The number of aromatic nitrogens is 2. The molecule has 1 aromatic carbocycles. The van der Waals surface area contributed by atoms with Crippen LogP contribution < -0.4 is 4.74 Å². The van der Waals surface area contributed by atoms with Crippen molar-refractivity contribution in [3.63, 3.8) is 0 Å². The Balaban J connectivity index is 1.96. The Kier molecular flexibility index (Phi) is 6.94. The Morgan fingerprint density at radius 2 is 1.96 bits per heavy atom. The first-order valence-electron chi connectivity index (χ1n) is 8.04. The number of aryl methyl sites for hydroxylation is 1. The van der Waals surface area contributed by atoms with Gasteiger partial charge in [0.2, 0.25) is 0 Å². The second-order valence-electron chi connectivity index (χ2n) is 5.21. The van der Waals surface area contributed by atoms with Crippen LogP contribution in [0.2, 0.25) is 0 Å². The number of ether oxygens (including phenoxy) is 1. The molecule has 122 valence electrons. The van der Waals surface area contributed by atoms with Gasteiger partial charge in [-0.25, -0.2) is 4.79 Å². The molecule has 0 aliphatic carbocycles. The van der Waals surface area contributed by atoms with Gasteiger partial charge >= 0.3 is 5.97 Å². The van der Waals surface area contributed by atoms with Gasteiger partial charge in [-0.15, -0.1) is 10.2 Å². The average Bonchev–Trinajstić information content (AvgIpc) is 3.03. The second-order valence-corrected chi connectivity index (χ2v) is 6.28. The number of nitrogens with zero attached hydrogens (tertiary/aromatic N) is 2. The van der Waals surface area contributed by atoms with Crippen LogP contribution in [0.15, 0.2) is 36.4 Å². The number of hydrogen-bond acceptors (Lipinski definition) is 5. The van der Waals surface area contributed by atoms with Crippen molar-refractivity contribution in [2.24, 2.45) is 0 Å². The summed E-state index contributed by atoms with van der Waals surface area (Å²) in [5, 5.41) is 10.5. The van der Waals surface area contributed by atoms with Crippen molar-refractivity contribution in [2.75, 3.05) is 0 Å². The molecule has 0 spiro atoms. The number of unbranched alkanes of at least 4 members (excludes halogenated alkanes) is 2. The lowest BCUT2D eigenvalue weighted by Gasteiger charge is -2.01. The van der Waals surface area contributed by atoms with E-state index >= 15 is 0 Å². The van der Waals surface area contributed by atoms with Crippen LogP contribution in [0.4, 0.5) is 0 Å². The molecule has 0 unspecified atom stereocenters. The molecule has 0 amide bonds. The minimum Gasteiger partial charge on any atom is -0.423 e. The highest BCUT2D eigenvalue weighted by Crippen LogP contribution is 2.26. The minimum atomic E-state index is -0.353. The van der Waals surface area contributed by atoms with E-state index in [1.165, 1.54) is 18.9 Å². The fraction of sp³-hybridized carbons (Fsp3) is 0.389. The van der Waals surface area contributed by atoms with Crippen LogP contribution >= 0.6 is 11.3 Å². The van der Waals surface area contributed by atoms with Crippen molar-refractivity contribution in [2.45, 2.75) is 46.0 Å². The van der Waals surface area contributed by atoms with Crippen LogP contribution in [-0.2, 0) is 11.2 Å². The number of rotatable bonds is 8. The highest BCUT2D eigenvalue weighted by atomic mass is 32.1. The first kappa shape index (κ1) is 17.3. The van der Waals surface area contributed by atoms with Gasteiger partial charge in [0.15, 0.2) is 0 Å². The highest BCUT2D eigenvalue weighted by molar-refractivity contribution is 7.14. The lowest BCUT2D eigenvalue weighted by atomic mass is 10.2. The Morgan fingerprint density at radius 1 is 1.17 bits per heavy atom. The third-order valence-electron chi connectivity index (χ3n) is 3.27. The van der Waals surface area contributed by atoms with Gasteiger partial charge in [0.05, 0.1) is 0 Å². The maximum Gasteiger partial charge on any atom is 0.335 e. The van der Waals surface area contributed by atoms with E-state index in [1.807, 2.05) is 19.1 Å². The quantitative estimate of drug-likeness (QED) is 0.302. The summed E-state index contributed by atoms with van der Waals surface area (Å²) in [7, 11) is 0. The second kappa shape index (κ2) is 9.20. The molecule has 0 aliphatic rings. The molecule has 2 rings (SSSR count). The lowest BCUT2D eigenvalue weighted by Crippen LogP contribution is -2.03. The van der Waals surface area contributed by atoms with Crippen LogP contribution in [-0.4, -0.2) is 16.2 Å². The third kappa shape index (κ3) is 5.60. The molecule has 2 aromatic rings. The molecule has 5 heteroatoms. The van der Waals surface area contributed by atoms with E-state index in [9.17, 15) is 4.79 Å². The summed E-state index contributed by atoms with van der Waals surface area (Å²) in [6, 6.07) is 7.38. The third-order valence-corrected chi connectivity index (χ3v) is 4.30. The smallest absolute Gasteiger partial charge is 0.335 e. The Morgan fingerprint density at radius 3 is 2.65 bits per heavy atom. The number of esters is 1. The Bertz CT molecular complexity index is 647. The molecule has 4 nitrogen and oxygen atoms in total. The summed E-state index contributed by atoms with van der Waals surface area (Å²) in [4.78, 5) is 11.5. The molecule has 1 aromatic heterocycles. The van der Waals surface area contributed by atoms with Crippen LogP contribution in [0.3, 0.4) is 0 Å². The monoisotopic (exact) mass is 330 g/mol. The van der Waals surface area contributed by atoms with Gasteiger partial charge in [-0.2, -0.15) is 0 Å². The maximum atomic E-state index is 11.5. The molecule has 0 saturated heterocycles. The van der Waals surface area contributed by atoms with Gasteiger partial charge in [-0.05, 0) is 37.1 Å². The SMILES string of the molecule is CC/C=C/C(=O)Oc1ccc(-c2nnc(CCCCC)s2)cc1. The molecule has 0 N–H and O–H groups in total. The number of carbonyl (C=O) groups is 1. The van der Waals surface area contributed by atoms with E-state index in [0.29, 0.717) is 5.75 Å². The molecule has 0 saturated carbocycles. The summed E-state index contributed by atoms with van der Waals surface area (Å²) in [6.07, 6.45) is 8.61. The first-order valence-corrected chi connectivity index (χ1v) is 8.85. The van der Waals surface area contributed by atoms with Crippen molar-refractivity contribution in [3.8, 4) is 16.3 Å². The van der Waals surface area contributed by atoms with Gasteiger partial charge in [0, 0.05) is 18.1 Å². The van der Waals surface area contributed by atoms with E-state index < -0.39 is 0 Å². The molecular weight excluding hydrogens is 308 g/mol. The van der Waals surface area contributed by atoms with E-state index in [-0.39, 0.29) is 5.97 Å². The number of benzene rings is 1. The molecule has 1 heterocycles. The fourth-order valence-corrected chi connectivity index (χ4v) is 2.91. The van der Waals surface area contributed by atoms with Crippen molar-refractivity contribution in [1.29, 1.82) is 0 Å². The van der Waals surface area contributed by atoms with Crippen LogP contribution in [0.1, 0.15) is 44.5 Å². The first-order chi connectivity index (χ1) is 11.2. The van der Waals surface area contributed by atoms with Gasteiger partial charge in [0.1, 0.15) is 15.8 Å². The summed E-state index contributed by atoms with van der Waals surface area (Å²) in [5.41, 5.74) is 0.994. The zero-order valence-corrected chi connectivity index (χ0v) is 14.4. The van der Waals surface area contributed by atoms with Gasteiger partial charge in [0.25, 0.3) is 0 Å². The van der Waals surface area contributed by atoms with Crippen molar-refractivity contribution in [1.82, 2.24) is 10.2 Å². The normalized spacial score (nSPS) is 11.0. The molecule has 0 fully saturated rings. The van der Waals surface area contributed by atoms with Gasteiger partial charge in [-0.1, -0.05) is 44.1 Å². The maximum absolute atomic E-state index is 11.5. The lowest BCUT2D eigenvalue weighted by molar-refractivity contribution is -0.129. The van der Waals surface area contributed by atoms with E-state index in [1.54, 1.807) is 29.5 Å². The van der Waals surface area contributed by atoms with Crippen molar-refractivity contribution >= 4 is 17.3 Å². The Labute approximate surface area is 141 Å².